The number of hydrogen-bond acceptors (Lipinski definition) is 7. The Morgan fingerprint density at radius 1 is 1.09 bits per heavy atom. The number of aliphatic hydroxyl groups is 5. The Balaban J connectivity index is 2.44. The molecule has 0 heterocycles. The summed E-state index contributed by atoms with van der Waals surface area (Å²) in [5, 5.41) is 46.9. The first-order valence-electron chi connectivity index (χ1n) is 7.11. The lowest BCUT2D eigenvalue weighted by atomic mass is 10.0. The summed E-state index contributed by atoms with van der Waals surface area (Å²) in [4.78, 5) is 12.8. The van der Waals surface area contributed by atoms with Gasteiger partial charge in [0.15, 0.2) is 0 Å². The summed E-state index contributed by atoms with van der Waals surface area (Å²) in [5.74, 6) is 0. The first kappa shape index (κ1) is 19.3. The van der Waals surface area contributed by atoms with Crippen LogP contribution in [-0.4, -0.2) is 81.1 Å². The third kappa shape index (κ3) is 6.12. The van der Waals surface area contributed by atoms with Crippen molar-refractivity contribution in [1.82, 2.24) is 4.90 Å². The van der Waals surface area contributed by atoms with Crippen molar-refractivity contribution in [3.63, 3.8) is 0 Å². The minimum atomic E-state index is -1.73. The van der Waals surface area contributed by atoms with E-state index in [4.69, 9.17) is 9.84 Å². The number of nitrogens with zero attached hydrogens (tertiary/aromatic N) is 1. The number of rotatable bonds is 8. The van der Waals surface area contributed by atoms with E-state index in [1.807, 2.05) is 6.07 Å². The Morgan fingerprint density at radius 3 is 2.22 bits per heavy atom. The summed E-state index contributed by atoms with van der Waals surface area (Å²) in [6.45, 7) is -1.02. The summed E-state index contributed by atoms with van der Waals surface area (Å²) in [6, 6.07) is 9.03. The van der Waals surface area contributed by atoms with Crippen LogP contribution >= 0.6 is 0 Å². The molecule has 0 aliphatic rings. The fourth-order valence-electron chi connectivity index (χ4n) is 1.86. The van der Waals surface area contributed by atoms with Gasteiger partial charge in [-0.05, 0) is 5.56 Å². The highest BCUT2D eigenvalue weighted by atomic mass is 16.6. The topological polar surface area (TPSA) is 131 Å². The zero-order valence-corrected chi connectivity index (χ0v) is 12.8. The van der Waals surface area contributed by atoms with Crippen LogP contribution in [0.15, 0.2) is 30.3 Å². The molecular weight excluding hydrogens is 306 g/mol. The molecule has 0 unspecified atom stereocenters. The van der Waals surface area contributed by atoms with Crippen LogP contribution < -0.4 is 0 Å². The van der Waals surface area contributed by atoms with Gasteiger partial charge in [-0.15, -0.1) is 0 Å². The number of likely N-dealkylation sites (N-methyl/N-ethyl adjacent to an activating group) is 1. The van der Waals surface area contributed by atoms with Gasteiger partial charge in [0.2, 0.25) is 0 Å². The van der Waals surface area contributed by atoms with Gasteiger partial charge >= 0.3 is 6.09 Å². The second kappa shape index (κ2) is 9.43. The van der Waals surface area contributed by atoms with Crippen molar-refractivity contribution < 1.29 is 35.1 Å². The van der Waals surface area contributed by atoms with Crippen molar-refractivity contribution in [1.29, 1.82) is 0 Å². The van der Waals surface area contributed by atoms with Crippen LogP contribution in [0.1, 0.15) is 5.56 Å². The van der Waals surface area contributed by atoms with E-state index in [0.717, 1.165) is 10.5 Å². The molecule has 8 nitrogen and oxygen atoms in total. The maximum Gasteiger partial charge on any atom is 0.409 e. The maximum absolute atomic E-state index is 11.8. The standard InChI is InChI=1S/C15H23NO7/c1-16(7-11(18)13(20)14(21)12(19)8-17)15(22)23-9-10-5-3-2-4-6-10/h2-6,11-14,17-21H,7-9H2,1H3/t11-,12+,13+,14+/m0/s1. The van der Waals surface area contributed by atoms with Crippen molar-refractivity contribution in [3.8, 4) is 0 Å². The molecule has 0 aliphatic heterocycles. The van der Waals surface area contributed by atoms with Crippen molar-refractivity contribution in [2.45, 2.75) is 31.0 Å². The molecule has 0 aromatic heterocycles. The van der Waals surface area contributed by atoms with Gasteiger partial charge in [-0.25, -0.2) is 4.79 Å². The fourth-order valence-corrected chi connectivity index (χ4v) is 1.86. The quantitative estimate of drug-likeness (QED) is 0.400. The Labute approximate surface area is 134 Å². The maximum atomic E-state index is 11.8. The van der Waals surface area contributed by atoms with Gasteiger partial charge in [-0.2, -0.15) is 0 Å². The Hall–Kier alpha value is -1.71. The van der Waals surface area contributed by atoms with E-state index in [9.17, 15) is 25.2 Å². The van der Waals surface area contributed by atoms with Gasteiger partial charge in [-0.3, -0.25) is 0 Å². The molecule has 1 aromatic carbocycles. The molecule has 8 heteroatoms. The number of amides is 1. The summed E-state index contributed by atoms with van der Waals surface area (Å²) in [5.41, 5.74) is 0.802. The van der Waals surface area contributed by atoms with E-state index in [1.54, 1.807) is 24.3 Å². The highest BCUT2D eigenvalue weighted by Crippen LogP contribution is 2.08. The van der Waals surface area contributed by atoms with Crippen molar-refractivity contribution in [3.05, 3.63) is 35.9 Å². The summed E-state index contributed by atoms with van der Waals surface area (Å²) in [6.07, 6.45) is -7.27. The number of aliphatic hydroxyl groups excluding tert-OH is 5. The van der Waals surface area contributed by atoms with Gasteiger partial charge in [0, 0.05) is 7.05 Å². The minimum absolute atomic E-state index is 0.0640. The number of benzene rings is 1. The van der Waals surface area contributed by atoms with E-state index in [-0.39, 0.29) is 13.2 Å². The zero-order chi connectivity index (χ0) is 17.4. The van der Waals surface area contributed by atoms with E-state index in [0.29, 0.717) is 0 Å². The van der Waals surface area contributed by atoms with Gasteiger partial charge in [-0.1, -0.05) is 30.3 Å². The minimum Gasteiger partial charge on any atom is -0.445 e. The molecule has 4 atom stereocenters. The molecule has 23 heavy (non-hydrogen) atoms. The molecule has 0 fully saturated rings. The molecule has 0 saturated heterocycles. The van der Waals surface area contributed by atoms with E-state index >= 15 is 0 Å². The summed E-state index contributed by atoms with van der Waals surface area (Å²) in [7, 11) is 1.36. The lowest BCUT2D eigenvalue weighted by molar-refractivity contribution is -0.117. The molecule has 1 rings (SSSR count). The second-order valence-corrected chi connectivity index (χ2v) is 5.22. The molecule has 0 aliphatic carbocycles. The van der Waals surface area contributed by atoms with Gasteiger partial charge in [0.1, 0.15) is 31.0 Å². The monoisotopic (exact) mass is 329 g/mol. The molecule has 0 bridgehead atoms. The smallest absolute Gasteiger partial charge is 0.409 e. The van der Waals surface area contributed by atoms with Crippen LogP contribution in [0.5, 0.6) is 0 Å². The van der Waals surface area contributed by atoms with Crippen LogP contribution in [-0.2, 0) is 11.3 Å². The number of carbonyl (C=O) groups excluding carboxylic acids is 1. The Bertz CT molecular complexity index is 470. The zero-order valence-electron chi connectivity index (χ0n) is 12.8. The van der Waals surface area contributed by atoms with Crippen LogP contribution in [0.25, 0.3) is 0 Å². The van der Waals surface area contributed by atoms with Gasteiger partial charge in [0.05, 0.1) is 13.2 Å². The third-order valence-corrected chi connectivity index (χ3v) is 3.30. The number of carbonyl (C=O) groups is 1. The second-order valence-electron chi connectivity index (χ2n) is 5.22. The molecular formula is C15H23NO7. The molecule has 1 aromatic rings. The Kier molecular flexibility index (Phi) is 7.93. The van der Waals surface area contributed by atoms with Crippen molar-refractivity contribution in [2.75, 3.05) is 20.2 Å². The Morgan fingerprint density at radius 2 is 1.65 bits per heavy atom. The summed E-state index contributed by atoms with van der Waals surface area (Å²) < 4.78 is 5.04. The fraction of sp³-hybridized carbons (Fsp3) is 0.533. The normalized spacial score (nSPS) is 16.3. The molecule has 1 amide bonds. The van der Waals surface area contributed by atoms with Crippen LogP contribution in [0.2, 0.25) is 0 Å². The largest absolute Gasteiger partial charge is 0.445 e. The first-order valence-corrected chi connectivity index (χ1v) is 7.11. The summed E-state index contributed by atoms with van der Waals surface area (Å²) >= 11 is 0. The third-order valence-electron chi connectivity index (χ3n) is 3.30. The van der Waals surface area contributed by atoms with Crippen molar-refractivity contribution in [2.24, 2.45) is 0 Å². The predicted octanol–water partition coefficient (Wildman–Crippen LogP) is -1.31. The highest BCUT2D eigenvalue weighted by Gasteiger charge is 2.31. The van der Waals surface area contributed by atoms with Crippen LogP contribution in [0.4, 0.5) is 4.79 Å². The average molecular weight is 329 g/mol. The molecule has 0 radical (unpaired) electrons. The SMILES string of the molecule is CN(C[C@H](O)[C@@H](O)[C@H](O)[C@H](O)CO)C(=O)OCc1ccccc1. The molecule has 130 valence electrons. The van der Waals surface area contributed by atoms with Crippen molar-refractivity contribution >= 4 is 6.09 Å². The van der Waals surface area contributed by atoms with E-state index in [1.165, 1.54) is 7.05 Å². The van der Waals surface area contributed by atoms with Crippen LogP contribution in [0.3, 0.4) is 0 Å². The number of hydrogen-bond donors (Lipinski definition) is 5. The lowest BCUT2D eigenvalue weighted by Gasteiger charge is -2.28. The molecule has 0 spiro atoms. The number of ether oxygens (including phenoxy) is 1. The van der Waals surface area contributed by atoms with Gasteiger partial charge in [0.25, 0.3) is 0 Å². The van der Waals surface area contributed by atoms with E-state index < -0.39 is 37.1 Å². The molecule has 5 N–H and O–H groups in total. The predicted molar refractivity (Wildman–Crippen MR) is 80.4 cm³/mol. The highest BCUT2D eigenvalue weighted by molar-refractivity contribution is 5.67. The first-order chi connectivity index (χ1) is 10.9. The van der Waals surface area contributed by atoms with Gasteiger partial charge < -0.3 is 35.2 Å². The molecule has 0 saturated carbocycles. The lowest BCUT2D eigenvalue weighted by Crippen LogP contribution is -2.50. The average Bonchev–Trinajstić information content (AvgIpc) is 2.58. The van der Waals surface area contributed by atoms with Crippen LogP contribution in [0, 0.1) is 0 Å². The van der Waals surface area contributed by atoms with E-state index in [2.05, 4.69) is 0 Å².